The minimum absolute atomic E-state index is 0.0521. The van der Waals surface area contributed by atoms with Crippen LogP contribution < -0.4 is 5.56 Å². The maximum atomic E-state index is 13.8. The molecule has 4 aromatic rings. The van der Waals surface area contributed by atoms with E-state index in [0.29, 0.717) is 12.0 Å². The van der Waals surface area contributed by atoms with E-state index in [0.717, 1.165) is 52.9 Å². The second kappa shape index (κ2) is 9.86. The first kappa shape index (κ1) is 24.0. The number of aromatic amines is 1. The highest BCUT2D eigenvalue weighted by Crippen LogP contribution is 2.45. The van der Waals surface area contributed by atoms with Crippen molar-refractivity contribution in [2.45, 2.75) is 71.4 Å². The van der Waals surface area contributed by atoms with Gasteiger partial charge in [0.15, 0.2) is 5.82 Å². The number of tetrazole rings is 1. The molecule has 1 N–H and O–H groups in total. The minimum Gasteiger partial charge on any atom is -0.321 e. The average Bonchev–Trinajstić information content (AvgIpc) is 3.36. The van der Waals surface area contributed by atoms with Gasteiger partial charge >= 0.3 is 0 Å². The molecule has 2 aliphatic rings. The number of nitrogens with zero attached hydrogens (tertiary/aromatic N) is 5. The van der Waals surface area contributed by atoms with Gasteiger partial charge in [0.25, 0.3) is 5.56 Å². The Morgan fingerprint density at radius 2 is 1.78 bits per heavy atom. The molecule has 7 heteroatoms. The summed E-state index contributed by atoms with van der Waals surface area (Å²) in [6.07, 6.45) is 8.91. The first-order chi connectivity index (χ1) is 18.0. The lowest BCUT2D eigenvalue weighted by Crippen LogP contribution is -2.47. The van der Waals surface area contributed by atoms with Gasteiger partial charge in [0.2, 0.25) is 0 Å². The number of fused-ring (bicyclic) bond motifs is 1. The first-order valence-electron chi connectivity index (χ1n) is 13.7. The van der Waals surface area contributed by atoms with Crippen LogP contribution in [0, 0.1) is 19.3 Å². The third kappa shape index (κ3) is 4.61. The molecule has 1 atom stereocenters. The van der Waals surface area contributed by atoms with Crippen LogP contribution in [0.15, 0.2) is 53.3 Å². The topological polar surface area (TPSA) is 79.7 Å². The summed E-state index contributed by atoms with van der Waals surface area (Å²) in [7, 11) is 0. The van der Waals surface area contributed by atoms with Crippen molar-refractivity contribution in [3.63, 3.8) is 0 Å². The monoisotopic (exact) mass is 496 g/mol. The van der Waals surface area contributed by atoms with Crippen molar-refractivity contribution in [1.82, 2.24) is 30.1 Å². The van der Waals surface area contributed by atoms with Gasteiger partial charge in [-0.3, -0.25) is 9.69 Å². The summed E-state index contributed by atoms with van der Waals surface area (Å²) >= 11 is 0. The van der Waals surface area contributed by atoms with Crippen molar-refractivity contribution in [1.29, 1.82) is 0 Å². The number of rotatable bonds is 5. The largest absolute Gasteiger partial charge is 0.321 e. The number of likely N-dealkylation sites (tertiary alicyclic amines) is 1. The number of piperidine rings is 1. The summed E-state index contributed by atoms with van der Waals surface area (Å²) < 4.78 is 1.88. The van der Waals surface area contributed by atoms with Crippen molar-refractivity contribution < 1.29 is 0 Å². The van der Waals surface area contributed by atoms with E-state index in [1.54, 1.807) is 0 Å². The molecule has 2 aromatic carbocycles. The summed E-state index contributed by atoms with van der Waals surface area (Å²) in [5, 5.41) is 14.1. The fourth-order valence-corrected chi connectivity index (χ4v) is 6.70. The number of H-pyrrole nitrogens is 1. The molecule has 2 aromatic heterocycles. The highest BCUT2D eigenvalue weighted by Gasteiger charge is 2.41. The van der Waals surface area contributed by atoms with Gasteiger partial charge in [-0.05, 0) is 90.1 Å². The van der Waals surface area contributed by atoms with Crippen molar-refractivity contribution in [2.75, 3.05) is 13.1 Å². The molecule has 6 rings (SSSR count). The standard InChI is InChI=1S/C30H36N6O/c1-21-12-13-24-18-25(29(37)31-26(24)22(21)2)27(35-17-9-16-30(20-35)14-7-4-8-15-30)28-32-33-34-36(28)19-23-10-5-3-6-11-23/h3,5-6,10-13,18,27H,4,7-9,14-17,19-20H2,1-2H3,(H,31,37)/t27-/m1/s1. The van der Waals surface area contributed by atoms with E-state index < -0.39 is 0 Å². The van der Waals surface area contributed by atoms with Crippen molar-refractivity contribution in [2.24, 2.45) is 5.41 Å². The molecule has 1 aliphatic carbocycles. The van der Waals surface area contributed by atoms with Crippen LogP contribution in [0.1, 0.15) is 79.1 Å². The van der Waals surface area contributed by atoms with Crippen LogP contribution in [0.3, 0.4) is 0 Å². The predicted molar refractivity (Wildman–Crippen MR) is 146 cm³/mol. The summed E-state index contributed by atoms with van der Waals surface area (Å²) in [6, 6.07) is 16.3. The van der Waals surface area contributed by atoms with Crippen molar-refractivity contribution in [3.05, 3.63) is 87.0 Å². The number of hydrogen-bond donors (Lipinski definition) is 1. The van der Waals surface area contributed by atoms with Crippen LogP contribution in [-0.4, -0.2) is 43.2 Å². The number of hydrogen-bond acceptors (Lipinski definition) is 5. The normalized spacial score (nSPS) is 18.9. The van der Waals surface area contributed by atoms with E-state index in [4.69, 9.17) is 0 Å². The Bertz CT molecular complexity index is 1440. The molecule has 1 saturated carbocycles. The van der Waals surface area contributed by atoms with E-state index >= 15 is 0 Å². The van der Waals surface area contributed by atoms with E-state index in [2.05, 4.69) is 69.6 Å². The highest BCUT2D eigenvalue weighted by molar-refractivity contribution is 5.83. The lowest BCUT2D eigenvalue weighted by molar-refractivity contribution is 0.0340. The number of aryl methyl sites for hydroxylation is 2. The SMILES string of the molecule is Cc1ccc2cc([C@H](c3nnnn3Cc3ccccc3)N3CCCC4(CCCCC4)C3)c(=O)[nH]c2c1C. The molecule has 1 aliphatic heterocycles. The summed E-state index contributed by atoms with van der Waals surface area (Å²) in [4.78, 5) is 19.5. The molecule has 0 unspecified atom stereocenters. The van der Waals surface area contributed by atoms with Crippen LogP contribution in [0.5, 0.6) is 0 Å². The number of pyridine rings is 1. The summed E-state index contributed by atoms with van der Waals surface area (Å²) in [6.45, 7) is 6.65. The molecule has 0 amide bonds. The molecule has 2 fully saturated rings. The summed E-state index contributed by atoms with van der Waals surface area (Å²) in [5.41, 5.74) is 5.36. The lowest BCUT2D eigenvalue weighted by Gasteiger charge is -2.47. The zero-order valence-electron chi connectivity index (χ0n) is 21.9. The highest BCUT2D eigenvalue weighted by atomic mass is 16.1. The Morgan fingerprint density at radius 3 is 2.59 bits per heavy atom. The van der Waals surface area contributed by atoms with Gasteiger partial charge < -0.3 is 4.98 Å². The fourth-order valence-electron chi connectivity index (χ4n) is 6.70. The third-order valence-corrected chi connectivity index (χ3v) is 8.82. The van der Waals surface area contributed by atoms with Gasteiger partial charge in [0.1, 0.15) is 6.04 Å². The maximum absolute atomic E-state index is 13.8. The third-order valence-electron chi connectivity index (χ3n) is 8.82. The first-order valence-corrected chi connectivity index (χ1v) is 13.7. The van der Waals surface area contributed by atoms with E-state index in [1.165, 1.54) is 44.1 Å². The van der Waals surface area contributed by atoms with Gasteiger partial charge in [-0.1, -0.05) is 61.7 Å². The molecular formula is C30H36N6O. The maximum Gasteiger partial charge on any atom is 0.253 e. The molecule has 192 valence electrons. The number of benzene rings is 2. The lowest BCUT2D eigenvalue weighted by atomic mass is 9.69. The molecular weight excluding hydrogens is 460 g/mol. The van der Waals surface area contributed by atoms with E-state index in [1.807, 2.05) is 22.9 Å². The molecule has 1 spiro atoms. The Morgan fingerprint density at radius 1 is 1.00 bits per heavy atom. The molecule has 0 radical (unpaired) electrons. The zero-order chi connectivity index (χ0) is 25.4. The summed E-state index contributed by atoms with van der Waals surface area (Å²) in [5.74, 6) is 0.741. The van der Waals surface area contributed by atoms with Crippen LogP contribution in [0.2, 0.25) is 0 Å². The van der Waals surface area contributed by atoms with Crippen LogP contribution in [0.4, 0.5) is 0 Å². The number of aromatic nitrogens is 5. The van der Waals surface area contributed by atoms with Gasteiger partial charge in [-0.15, -0.1) is 5.10 Å². The molecule has 37 heavy (non-hydrogen) atoms. The van der Waals surface area contributed by atoms with Gasteiger partial charge in [-0.25, -0.2) is 4.68 Å². The average molecular weight is 497 g/mol. The Kier molecular flexibility index (Phi) is 6.41. The Hall–Kier alpha value is -3.32. The molecule has 1 saturated heterocycles. The molecule has 0 bridgehead atoms. The second-order valence-electron chi connectivity index (χ2n) is 11.2. The van der Waals surface area contributed by atoms with Gasteiger partial charge in [0, 0.05) is 12.1 Å². The Labute approximate surface area is 217 Å². The fraction of sp³-hybridized carbons (Fsp3) is 0.467. The number of nitrogens with one attached hydrogen (secondary N) is 1. The van der Waals surface area contributed by atoms with E-state index in [-0.39, 0.29) is 11.6 Å². The predicted octanol–water partition coefficient (Wildman–Crippen LogP) is 5.32. The van der Waals surface area contributed by atoms with Crippen LogP contribution in [0.25, 0.3) is 10.9 Å². The Balaban J connectivity index is 1.47. The second-order valence-corrected chi connectivity index (χ2v) is 11.2. The smallest absolute Gasteiger partial charge is 0.253 e. The van der Waals surface area contributed by atoms with Crippen molar-refractivity contribution >= 4 is 10.9 Å². The zero-order valence-corrected chi connectivity index (χ0v) is 21.9. The van der Waals surface area contributed by atoms with Gasteiger partial charge in [0.05, 0.1) is 12.1 Å². The minimum atomic E-state index is -0.299. The van der Waals surface area contributed by atoms with E-state index in [9.17, 15) is 4.79 Å². The molecule has 3 heterocycles. The van der Waals surface area contributed by atoms with Gasteiger partial charge in [-0.2, -0.15) is 0 Å². The van der Waals surface area contributed by atoms with Crippen molar-refractivity contribution in [3.8, 4) is 0 Å². The van der Waals surface area contributed by atoms with Crippen LogP contribution in [-0.2, 0) is 6.54 Å². The quantitative estimate of drug-likeness (QED) is 0.405. The van der Waals surface area contributed by atoms with Crippen LogP contribution >= 0.6 is 0 Å². The molecule has 7 nitrogen and oxygen atoms in total.